The van der Waals surface area contributed by atoms with E-state index < -0.39 is 5.97 Å². The van der Waals surface area contributed by atoms with Gasteiger partial charge in [0.2, 0.25) is 0 Å². The van der Waals surface area contributed by atoms with Crippen molar-refractivity contribution in [2.75, 3.05) is 0 Å². The zero-order chi connectivity index (χ0) is 14.7. The van der Waals surface area contributed by atoms with Crippen molar-refractivity contribution in [2.45, 2.75) is 13.0 Å². The molecule has 0 aliphatic carbocycles. The van der Waals surface area contributed by atoms with E-state index in [4.69, 9.17) is 9.84 Å². The Kier molecular flexibility index (Phi) is 3.60. The standard InChI is InChI=1S/C17H15NO3/c19-17(20)8-13-10-18-16-9-14(6-7-15(13)16)21-11-12-4-2-1-3-5-12/h1-7,9-10,18H,8,11H2,(H,19,20). The van der Waals surface area contributed by atoms with Gasteiger partial charge in [0.15, 0.2) is 0 Å². The molecule has 0 unspecified atom stereocenters. The van der Waals surface area contributed by atoms with E-state index in [1.54, 1.807) is 6.20 Å². The number of aliphatic carboxylic acids is 1. The van der Waals surface area contributed by atoms with Crippen LogP contribution in [0.4, 0.5) is 0 Å². The molecular weight excluding hydrogens is 266 g/mol. The lowest BCUT2D eigenvalue weighted by Crippen LogP contribution is -1.98. The van der Waals surface area contributed by atoms with E-state index in [1.807, 2.05) is 48.5 Å². The molecule has 0 aliphatic heterocycles. The SMILES string of the molecule is O=C(O)Cc1c[nH]c2cc(OCc3ccccc3)ccc12. The van der Waals surface area contributed by atoms with Crippen LogP contribution >= 0.6 is 0 Å². The summed E-state index contributed by atoms with van der Waals surface area (Å²) in [6.45, 7) is 0.509. The molecule has 3 rings (SSSR count). The first-order chi connectivity index (χ1) is 10.2. The fourth-order valence-electron chi connectivity index (χ4n) is 2.31. The molecule has 0 fully saturated rings. The Labute approximate surface area is 122 Å². The van der Waals surface area contributed by atoms with Crippen LogP contribution in [0.15, 0.2) is 54.7 Å². The van der Waals surface area contributed by atoms with E-state index in [0.29, 0.717) is 6.61 Å². The van der Waals surface area contributed by atoms with Crippen LogP contribution in [0.1, 0.15) is 11.1 Å². The molecule has 0 radical (unpaired) electrons. The Morgan fingerprint density at radius 3 is 2.71 bits per heavy atom. The molecule has 0 aliphatic rings. The van der Waals surface area contributed by atoms with Crippen molar-refractivity contribution in [1.29, 1.82) is 0 Å². The Bertz CT molecular complexity index is 762. The van der Waals surface area contributed by atoms with Crippen molar-refractivity contribution in [2.24, 2.45) is 0 Å². The summed E-state index contributed by atoms with van der Waals surface area (Å²) in [5, 5.41) is 9.79. The second kappa shape index (κ2) is 5.71. The number of hydrogen-bond donors (Lipinski definition) is 2. The molecule has 0 saturated carbocycles. The maximum absolute atomic E-state index is 10.8. The number of H-pyrrole nitrogens is 1. The van der Waals surface area contributed by atoms with Crippen LogP contribution in [0.25, 0.3) is 10.9 Å². The van der Waals surface area contributed by atoms with Gasteiger partial charge in [-0.05, 0) is 23.3 Å². The molecule has 3 aromatic rings. The number of aromatic amines is 1. The van der Waals surface area contributed by atoms with Gasteiger partial charge in [-0.3, -0.25) is 4.79 Å². The van der Waals surface area contributed by atoms with Crippen LogP contribution in [0, 0.1) is 0 Å². The second-order valence-electron chi connectivity index (χ2n) is 4.87. The summed E-state index contributed by atoms with van der Waals surface area (Å²) >= 11 is 0. The molecule has 0 bridgehead atoms. The average Bonchev–Trinajstić information content (AvgIpc) is 2.88. The topological polar surface area (TPSA) is 62.3 Å². The van der Waals surface area contributed by atoms with Gasteiger partial charge in [-0.1, -0.05) is 30.3 Å². The minimum atomic E-state index is -0.833. The molecule has 21 heavy (non-hydrogen) atoms. The van der Waals surface area contributed by atoms with Crippen LogP contribution in [0.3, 0.4) is 0 Å². The van der Waals surface area contributed by atoms with Crippen molar-refractivity contribution >= 4 is 16.9 Å². The predicted molar refractivity (Wildman–Crippen MR) is 80.4 cm³/mol. The maximum Gasteiger partial charge on any atom is 0.307 e. The van der Waals surface area contributed by atoms with Crippen molar-refractivity contribution < 1.29 is 14.6 Å². The zero-order valence-electron chi connectivity index (χ0n) is 11.4. The molecule has 4 nitrogen and oxygen atoms in total. The number of carboxylic acid groups (broad SMARTS) is 1. The first kappa shape index (κ1) is 13.2. The summed E-state index contributed by atoms with van der Waals surface area (Å²) < 4.78 is 5.75. The first-order valence-corrected chi connectivity index (χ1v) is 6.71. The summed E-state index contributed by atoms with van der Waals surface area (Å²) in [5.41, 5.74) is 2.78. The van der Waals surface area contributed by atoms with Gasteiger partial charge in [0.25, 0.3) is 0 Å². The van der Waals surface area contributed by atoms with Gasteiger partial charge in [0.1, 0.15) is 12.4 Å². The van der Waals surface area contributed by atoms with Crippen LogP contribution in [0.5, 0.6) is 5.75 Å². The monoisotopic (exact) mass is 281 g/mol. The number of ether oxygens (including phenoxy) is 1. The minimum Gasteiger partial charge on any atom is -0.489 e. The van der Waals surface area contributed by atoms with E-state index in [9.17, 15) is 4.79 Å². The van der Waals surface area contributed by atoms with Gasteiger partial charge >= 0.3 is 5.97 Å². The maximum atomic E-state index is 10.8. The van der Waals surface area contributed by atoms with Gasteiger partial charge in [-0.15, -0.1) is 0 Å². The van der Waals surface area contributed by atoms with Gasteiger partial charge < -0.3 is 14.8 Å². The molecule has 0 amide bonds. The van der Waals surface area contributed by atoms with Gasteiger partial charge in [-0.2, -0.15) is 0 Å². The van der Waals surface area contributed by atoms with E-state index in [-0.39, 0.29) is 6.42 Å². The molecule has 4 heteroatoms. The summed E-state index contributed by atoms with van der Waals surface area (Å²) in [7, 11) is 0. The highest BCUT2D eigenvalue weighted by Crippen LogP contribution is 2.24. The Morgan fingerprint density at radius 1 is 1.14 bits per heavy atom. The number of rotatable bonds is 5. The summed E-state index contributed by atoms with van der Waals surface area (Å²) in [5.74, 6) is -0.0737. The van der Waals surface area contributed by atoms with Crippen LogP contribution in [-0.4, -0.2) is 16.1 Å². The van der Waals surface area contributed by atoms with Gasteiger partial charge in [-0.25, -0.2) is 0 Å². The third-order valence-corrected chi connectivity index (χ3v) is 3.33. The van der Waals surface area contributed by atoms with E-state index in [0.717, 1.165) is 27.8 Å². The molecule has 106 valence electrons. The zero-order valence-corrected chi connectivity index (χ0v) is 11.4. The second-order valence-corrected chi connectivity index (χ2v) is 4.87. The third-order valence-electron chi connectivity index (χ3n) is 3.33. The highest BCUT2D eigenvalue weighted by molar-refractivity contribution is 5.87. The largest absolute Gasteiger partial charge is 0.489 e. The summed E-state index contributed by atoms with van der Waals surface area (Å²) in [6, 6.07) is 15.6. The highest BCUT2D eigenvalue weighted by atomic mass is 16.5. The third kappa shape index (κ3) is 3.05. The minimum absolute atomic E-state index is 0.0181. The Morgan fingerprint density at radius 2 is 1.95 bits per heavy atom. The number of aromatic nitrogens is 1. The van der Waals surface area contributed by atoms with Crippen LogP contribution < -0.4 is 4.74 Å². The number of hydrogen-bond acceptors (Lipinski definition) is 2. The summed E-state index contributed by atoms with van der Waals surface area (Å²) in [4.78, 5) is 13.9. The van der Waals surface area contributed by atoms with E-state index >= 15 is 0 Å². The van der Waals surface area contributed by atoms with E-state index in [1.165, 1.54) is 0 Å². The normalized spacial score (nSPS) is 10.7. The van der Waals surface area contributed by atoms with Crippen LogP contribution in [-0.2, 0) is 17.8 Å². The molecule has 1 heterocycles. The number of carbonyl (C=O) groups is 1. The number of nitrogens with one attached hydrogen (secondary N) is 1. The Hall–Kier alpha value is -2.75. The average molecular weight is 281 g/mol. The fraction of sp³-hybridized carbons (Fsp3) is 0.118. The lowest BCUT2D eigenvalue weighted by atomic mass is 10.1. The van der Waals surface area contributed by atoms with Crippen LogP contribution in [0.2, 0.25) is 0 Å². The van der Waals surface area contributed by atoms with E-state index in [2.05, 4.69) is 4.98 Å². The summed E-state index contributed by atoms with van der Waals surface area (Å²) in [6.07, 6.45) is 1.75. The van der Waals surface area contributed by atoms with Gasteiger partial charge in [0.05, 0.1) is 6.42 Å². The van der Waals surface area contributed by atoms with Crippen molar-refractivity contribution in [1.82, 2.24) is 4.98 Å². The van der Waals surface area contributed by atoms with Crippen molar-refractivity contribution in [3.05, 3.63) is 65.9 Å². The van der Waals surface area contributed by atoms with Crippen molar-refractivity contribution in [3.63, 3.8) is 0 Å². The number of benzene rings is 2. The fourth-order valence-corrected chi connectivity index (χ4v) is 2.31. The molecule has 0 spiro atoms. The molecule has 2 N–H and O–H groups in total. The lowest BCUT2D eigenvalue weighted by Gasteiger charge is -2.06. The lowest BCUT2D eigenvalue weighted by molar-refractivity contribution is -0.136. The molecule has 0 saturated heterocycles. The smallest absolute Gasteiger partial charge is 0.307 e. The number of carboxylic acids is 1. The number of fused-ring (bicyclic) bond motifs is 1. The molecular formula is C17H15NO3. The van der Waals surface area contributed by atoms with Crippen molar-refractivity contribution in [3.8, 4) is 5.75 Å². The molecule has 1 aromatic heterocycles. The highest BCUT2D eigenvalue weighted by Gasteiger charge is 2.08. The Balaban J connectivity index is 1.77. The van der Waals surface area contributed by atoms with Gasteiger partial charge in [0, 0.05) is 23.2 Å². The quantitative estimate of drug-likeness (QED) is 0.753. The first-order valence-electron chi connectivity index (χ1n) is 6.71. The molecule has 0 atom stereocenters. The molecule has 2 aromatic carbocycles. The predicted octanol–water partition coefficient (Wildman–Crippen LogP) is 3.37.